The van der Waals surface area contributed by atoms with Gasteiger partial charge in [0.2, 0.25) is 5.88 Å². The van der Waals surface area contributed by atoms with Crippen molar-refractivity contribution in [1.82, 2.24) is 19.7 Å². The Balaban J connectivity index is 1.34. The standard InChI is InChI=1S/C26H33N7O2S/c1-16-13-31(15-27-16)21-10-9-19(28-23(21)35-4)20-14-36-25(29-20)32-12-11-22(26(2,3)34)33-24(32)17-7-5-6-8-18(17)30-33/h9-10,14-16,22,34H,5-8,11-13H2,1-4H3. The van der Waals surface area contributed by atoms with Crippen molar-refractivity contribution in [2.75, 3.05) is 30.0 Å². The number of pyridine rings is 1. The molecule has 9 nitrogen and oxygen atoms in total. The monoisotopic (exact) mass is 507 g/mol. The number of methoxy groups -OCH3 is 1. The predicted molar refractivity (Wildman–Crippen MR) is 143 cm³/mol. The van der Waals surface area contributed by atoms with E-state index in [4.69, 9.17) is 19.8 Å². The highest BCUT2D eigenvalue weighted by molar-refractivity contribution is 7.14. The highest BCUT2D eigenvalue weighted by atomic mass is 32.1. The first-order valence-corrected chi connectivity index (χ1v) is 13.6. The van der Waals surface area contributed by atoms with Crippen molar-refractivity contribution in [3.63, 3.8) is 0 Å². The molecule has 2 aliphatic heterocycles. The molecule has 0 aromatic carbocycles. The minimum absolute atomic E-state index is 0.0518. The van der Waals surface area contributed by atoms with E-state index in [1.54, 1.807) is 18.4 Å². The fourth-order valence-electron chi connectivity index (χ4n) is 5.56. The van der Waals surface area contributed by atoms with Crippen LogP contribution in [0.4, 0.5) is 16.6 Å². The molecule has 1 aliphatic carbocycles. The van der Waals surface area contributed by atoms with Crippen LogP contribution >= 0.6 is 11.3 Å². The summed E-state index contributed by atoms with van der Waals surface area (Å²) in [7, 11) is 1.65. The van der Waals surface area contributed by atoms with Gasteiger partial charge in [-0.25, -0.2) is 14.6 Å². The average molecular weight is 508 g/mol. The van der Waals surface area contributed by atoms with Crippen LogP contribution in [0.1, 0.15) is 57.3 Å². The number of hydrogen-bond acceptors (Lipinski definition) is 9. The van der Waals surface area contributed by atoms with Crippen LogP contribution in [0.5, 0.6) is 5.88 Å². The molecule has 0 bridgehead atoms. The lowest BCUT2D eigenvalue weighted by Gasteiger charge is -2.39. The van der Waals surface area contributed by atoms with Gasteiger partial charge in [0.15, 0.2) is 5.13 Å². The number of hydrogen-bond donors (Lipinski definition) is 1. The molecule has 0 amide bonds. The Morgan fingerprint density at radius 1 is 1.14 bits per heavy atom. The molecule has 36 heavy (non-hydrogen) atoms. The SMILES string of the molecule is COc1nc(-c2csc(N3CCC(C(C)(C)O)n4nc5c(c43)CCCC5)n2)ccc1N1C=NC(C)C1. The van der Waals surface area contributed by atoms with E-state index in [-0.39, 0.29) is 12.1 Å². The molecule has 0 saturated carbocycles. The van der Waals surface area contributed by atoms with Crippen molar-refractivity contribution >= 4 is 34.3 Å². The molecular weight excluding hydrogens is 474 g/mol. The lowest BCUT2D eigenvalue weighted by Crippen LogP contribution is -2.41. The van der Waals surface area contributed by atoms with Crippen LogP contribution in [0.2, 0.25) is 0 Å². The maximum atomic E-state index is 10.9. The number of rotatable bonds is 5. The molecule has 6 rings (SSSR count). The Bertz CT molecular complexity index is 1310. The number of aromatic nitrogens is 4. The number of thiazole rings is 1. The van der Waals surface area contributed by atoms with Crippen LogP contribution in [0, 0.1) is 0 Å². The summed E-state index contributed by atoms with van der Waals surface area (Å²) in [6.07, 6.45) is 7.03. The van der Waals surface area contributed by atoms with Gasteiger partial charge in [0, 0.05) is 24.0 Å². The van der Waals surface area contributed by atoms with Gasteiger partial charge in [0.25, 0.3) is 0 Å². The first-order chi connectivity index (χ1) is 17.3. The molecule has 2 unspecified atom stereocenters. The summed E-state index contributed by atoms with van der Waals surface area (Å²) in [5, 5.41) is 18.9. The summed E-state index contributed by atoms with van der Waals surface area (Å²) in [4.78, 5) is 18.6. The van der Waals surface area contributed by atoms with Gasteiger partial charge in [-0.15, -0.1) is 11.3 Å². The quantitative estimate of drug-likeness (QED) is 0.548. The first-order valence-electron chi connectivity index (χ1n) is 12.7. The Hall–Kier alpha value is -2.98. The third kappa shape index (κ3) is 3.96. The fraction of sp³-hybridized carbons (Fsp3) is 0.538. The van der Waals surface area contributed by atoms with Crippen LogP contribution < -0.4 is 14.5 Å². The van der Waals surface area contributed by atoms with Gasteiger partial charge in [0.05, 0.1) is 42.5 Å². The summed E-state index contributed by atoms with van der Waals surface area (Å²) in [6, 6.07) is 4.24. The molecule has 5 heterocycles. The molecule has 10 heteroatoms. The molecule has 2 atom stereocenters. The normalized spacial score (nSPS) is 21.6. The highest BCUT2D eigenvalue weighted by Gasteiger charge is 2.39. The maximum absolute atomic E-state index is 10.9. The molecule has 190 valence electrons. The van der Waals surface area contributed by atoms with E-state index in [0.29, 0.717) is 5.88 Å². The third-order valence-electron chi connectivity index (χ3n) is 7.40. The first kappa shape index (κ1) is 23.4. The summed E-state index contributed by atoms with van der Waals surface area (Å²) in [6.45, 7) is 7.47. The van der Waals surface area contributed by atoms with Crippen LogP contribution in [0.3, 0.4) is 0 Å². The van der Waals surface area contributed by atoms with Gasteiger partial charge in [-0.05, 0) is 65.0 Å². The van der Waals surface area contributed by atoms with Gasteiger partial charge >= 0.3 is 0 Å². The van der Waals surface area contributed by atoms with Crippen molar-refractivity contribution in [1.29, 1.82) is 0 Å². The van der Waals surface area contributed by atoms with Crippen molar-refractivity contribution in [2.24, 2.45) is 4.99 Å². The lowest BCUT2D eigenvalue weighted by molar-refractivity contribution is 0.0130. The van der Waals surface area contributed by atoms with Crippen molar-refractivity contribution in [3.05, 3.63) is 28.8 Å². The van der Waals surface area contributed by atoms with Crippen LogP contribution in [0.25, 0.3) is 11.4 Å². The summed E-state index contributed by atoms with van der Waals surface area (Å²) >= 11 is 1.62. The Morgan fingerprint density at radius 2 is 1.97 bits per heavy atom. The average Bonchev–Trinajstić information content (AvgIpc) is 3.60. The Labute approximate surface area is 215 Å². The fourth-order valence-corrected chi connectivity index (χ4v) is 6.41. The third-order valence-corrected chi connectivity index (χ3v) is 8.26. The van der Waals surface area contributed by atoms with E-state index in [9.17, 15) is 5.11 Å². The van der Waals surface area contributed by atoms with E-state index in [0.717, 1.165) is 60.4 Å². The van der Waals surface area contributed by atoms with Gasteiger partial charge in [-0.3, -0.25) is 4.99 Å². The lowest BCUT2D eigenvalue weighted by atomic mass is 9.93. The molecule has 0 saturated heterocycles. The van der Waals surface area contributed by atoms with E-state index in [2.05, 4.69) is 31.8 Å². The molecule has 1 N–H and O–H groups in total. The molecule has 3 aromatic heterocycles. The van der Waals surface area contributed by atoms with E-state index >= 15 is 0 Å². The zero-order valence-corrected chi connectivity index (χ0v) is 22.1. The van der Waals surface area contributed by atoms with Crippen LogP contribution in [-0.4, -0.2) is 63.0 Å². The maximum Gasteiger partial charge on any atom is 0.238 e. The Morgan fingerprint density at radius 3 is 2.72 bits per heavy atom. The number of fused-ring (bicyclic) bond motifs is 3. The molecule has 3 aromatic rings. The number of anilines is 3. The summed E-state index contributed by atoms with van der Waals surface area (Å²) in [5.41, 5.74) is 4.17. The van der Waals surface area contributed by atoms with Gasteiger partial charge < -0.3 is 19.6 Å². The number of aliphatic imine (C=N–C) groups is 1. The summed E-state index contributed by atoms with van der Waals surface area (Å²) < 4.78 is 7.71. The van der Waals surface area contributed by atoms with Crippen molar-refractivity contribution in [2.45, 2.75) is 70.6 Å². The van der Waals surface area contributed by atoms with Crippen molar-refractivity contribution < 1.29 is 9.84 Å². The summed E-state index contributed by atoms with van der Waals surface area (Å²) in [5.74, 6) is 1.67. The second kappa shape index (κ2) is 8.85. The van der Waals surface area contributed by atoms with E-state index in [1.807, 2.05) is 32.3 Å². The van der Waals surface area contributed by atoms with Gasteiger partial charge in [0.1, 0.15) is 17.2 Å². The number of ether oxygens (including phenoxy) is 1. The highest BCUT2D eigenvalue weighted by Crippen LogP contribution is 2.44. The Kier molecular flexibility index (Phi) is 5.75. The minimum Gasteiger partial charge on any atom is -0.479 e. The van der Waals surface area contributed by atoms with E-state index < -0.39 is 5.60 Å². The number of aryl methyl sites for hydroxylation is 1. The molecule has 3 aliphatic rings. The van der Waals surface area contributed by atoms with E-state index in [1.165, 1.54) is 24.1 Å². The molecule has 0 spiro atoms. The zero-order valence-electron chi connectivity index (χ0n) is 21.3. The largest absolute Gasteiger partial charge is 0.479 e. The topological polar surface area (TPSA) is 91.9 Å². The number of aliphatic hydroxyl groups is 1. The van der Waals surface area contributed by atoms with Gasteiger partial charge in [-0.2, -0.15) is 5.10 Å². The second-order valence-electron chi connectivity index (χ2n) is 10.5. The smallest absolute Gasteiger partial charge is 0.238 e. The predicted octanol–water partition coefficient (Wildman–Crippen LogP) is 4.38. The van der Waals surface area contributed by atoms with Crippen molar-refractivity contribution in [3.8, 4) is 17.3 Å². The van der Waals surface area contributed by atoms with Crippen LogP contribution in [-0.2, 0) is 12.8 Å². The minimum atomic E-state index is -0.844. The molecular formula is C26H33N7O2S. The number of nitrogens with zero attached hydrogens (tertiary/aromatic N) is 7. The molecule has 0 radical (unpaired) electrons. The van der Waals surface area contributed by atoms with Crippen LogP contribution in [0.15, 0.2) is 22.5 Å². The van der Waals surface area contributed by atoms with Gasteiger partial charge in [-0.1, -0.05) is 0 Å². The zero-order chi connectivity index (χ0) is 25.0. The molecule has 0 fully saturated rings. The second-order valence-corrected chi connectivity index (χ2v) is 11.4.